The van der Waals surface area contributed by atoms with Crippen LogP contribution in [-0.2, 0) is 4.79 Å². The van der Waals surface area contributed by atoms with Crippen molar-refractivity contribution in [2.24, 2.45) is 0 Å². The van der Waals surface area contributed by atoms with Crippen LogP contribution in [0.2, 0.25) is 0 Å². The smallest absolute Gasteiger partial charge is 0.255 e. The number of ether oxygens (including phenoxy) is 1. The third-order valence-corrected chi connectivity index (χ3v) is 6.46. The Morgan fingerprint density at radius 2 is 1.70 bits per heavy atom. The molecule has 0 atom stereocenters. The Balaban J connectivity index is 1.53. The van der Waals surface area contributed by atoms with Crippen LogP contribution in [0, 0.1) is 0 Å². The molecule has 0 fully saturated rings. The highest BCUT2D eigenvalue weighted by Gasteiger charge is 2.15. The van der Waals surface area contributed by atoms with Gasteiger partial charge in [0.2, 0.25) is 11.8 Å². The number of nitrogens with zero attached hydrogens (tertiary/aromatic N) is 3. The molecule has 3 heterocycles. The van der Waals surface area contributed by atoms with Gasteiger partial charge in [0.1, 0.15) is 11.1 Å². The number of nitrogens with one attached hydrogen (secondary N) is 1. The molecule has 1 amide bonds. The molecule has 0 aliphatic rings. The predicted octanol–water partition coefficient (Wildman–Crippen LogP) is 5.09. The molecule has 0 bridgehead atoms. The fourth-order valence-electron chi connectivity index (χ4n) is 4.43. The third-order valence-electron chi connectivity index (χ3n) is 6.46. The van der Waals surface area contributed by atoms with Crippen LogP contribution in [0.15, 0.2) is 82.1 Å². The number of furan rings is 1. The molecule has 0 saturated carbocycles. The Morgan fingerprint density at radius 1 is 0.973 bits per heavy atom. The molecule has 5 rings (SSSR count). The number of hydrogen-bond donors (Lipinski definition) is 1. The number of fused-ring (bicyclic) bond motifs is 3. The minimum absolute atomic E-state index is 0.0721. The quantitative estimate of drug-likeness (QED) is 0.322. The van der Waals surface area contributed by atoms with Crippen LogP contribution in [0.1, 0.15) is 13.8 Å². The second-order valence-corrected chi connectivity index (χ2v) is 8.68. The molecular formula is C29H28N4O4. The largest absolute Gasteiger partial charge is 0.481 e. The van der Waals surface area contributed by atoms with E-state index in [2.05, 4.69) is 10.3 Å². The number of benzene rings is 2. The van der Waals surface area contributed by atoms with Crippen molar-refractivity contribution < 1.29 is 13.9 Å². The molecule has 188 valence electrons. The van der Waals surface area contributed by atoms with Crippen molar-refractivity contribution >= 4 is 33.7 Å². The van der Waals surface area contributed by atoms with E-state index in [1.165, 1.54) is 6.07 Å². The van der Waals surface area contributed by atoms with Crippen LogP contribution in [0.3, 0.4) is 0 Å². The number of amides is 1. The van der Waals surface area contributed by atoms with Gasteiger partial charge in [-0.25, -0.2) is 4.98 Å². The number of pyridine rings is 2. The van der Waals surface area contributed by atoms with Crippen molar-refractivity contribution in [2.45, 2.75) is 13.8 Å². The van der Waals surface area contributed by atoms with Gasteiger partial charge < -0.3 is 14.5 Å². The molecule has 0 aliphatic heterocycles. The minimum atomic E-state index is -0.176. The monoisotopic (exact) mass is 496 g/mol. The van der Waals surface area contributed by atoms with E-state index >= 15 is 0 Å². The summed E-state index contributed by atoms with van der Waals surface area (Å²) in [7, 11) is 1.58. The molecular weight excluding hydrogens is 468 g/mol. The average Bonchev–Trinajstić information content (AvgIpc) is 3.30. The van der Waals surface area contributed by atoms with Crippen LogP contribution >= 0.6 is 0 Å². The van der Waals surface area contributed by atoms with E-state index in [-0.39, 0.29) is 11.5 Å². The highest BCUT2D eigenvalue weighted by Crippen LogP contribution is 2.33. The number of likely N-dealkylation sites (N-methyl/N-ethyl adjacent to an activating group) is 1. The Labute approximate surface area is 214 Å². The van der Waals surface area contributed by atoms with E-state index in [1.807, 2.05) is 61.2 Å². The van der Waals surface area contributed by atoms with Gasteiger partial charge in [-0.1, -0.05) is 19.9 Å². The molecule has 0 radical (unpaired) electrons. The number of anilines is 1. The zero-order chi connectivity index (χ0) is 25.9. The van der Waals surface area contributed by atoms with E-state index in [1.54, 1.807) is 36.1 Å². The lowest BCUT2D eigenvalue weighted by atomic mass is 10.1. The number of aromatic nitrogens is 2. The molecule has 3 aromatic heterocycles. The number of carbonyl (C=O) groups is 1. The average molecular weight is 497 g/mol. The number of methoxy groups -OCH3 is 1. The van der Waals surface area contributed by atoms with Crippen LogP contribution in [0.25, 0.3) is 38.9 Å². The second-order valence-electron chi connectivity index (χ2n) is 8.68. The molecule has 2 aromatic carbocycles. The van der Waals surface area contributed by atoms with Crippen molar-refractivity contribution in [3.8, 4) is 22.7 Å². The lowest BCUT2D eigenvalue weighted by Gasteiger charge is -2.17. The summed E-state index contributed by atoms with van der Waals surface area (Å²) in [5.74, 6) is 0.470. The zero-order valence-electron chi connectivity index (χ0n) is 21.0. The molecule has 5 aromatic rings. The van der Waals surface area contributed by atoms with Gasteiger partial charge in [0.05, 0.1) is 13.7 Å². The summed E-state index contributed by atoms with van der Waals surface area (Å²) < 4.78 is 12.9. The number of rotatable bonds is 8. The molecule has 8 nitrogen and oxygen atoms in total. The SMILES string of the molecule is CCN(CC)CC(=O)Nc1ccc(-n2c(=O)ccc3oc4ccc(-c5ccc(OC)nc5)cc4c32)cc1. The topological polar surface area (TPSA) is 89.6 Å². The fraction of sp³-hybridized carbons (Fsp3) is 0.207. The summed E-state index contributed by atoms with van der Waals surface area (Å²) in [4.78, 5) is 31.8. The molecule has 0 unspecified atom stereocenters. The number of hydrogen-bond acceptors (Lipinski definition) is 6. The van der Waals surface area contributed by atoms with E-state index in [9.17, 15) is 9.59 Å². The Morgan fingerprint density at radius 3 is 2.38 bits per heavy atom. The van der Waals surface area contributed by atoms with Gasteiger partial charge in [0, 0.05) is 40.7 Å². The van der Waals surface area contributed by atoms with E-state index < -0.39 is 0 Å². The molecule has 1 N–H and O–H groups in total. The maximum absolute atomic E-state index is 13.1. The van der Waals surface area contributed by atoms with Crippen LogP contribution in [0.5, 0.6) is 5.88 Å². The molecule has 0 spiro atoms. The van der Waals surface area contributed by atoms with Gasteiger partial charge in [-0.05, 0) is 67.2 Å². The lowest BCUT2D eigenvalue weighted by Crippen LogP contribution is -2.32. The lowest BCUT2D eigenvalue weighted by molar-refractivity contribution is -0.117. The summed E-state index contributed by atoms with van der Waals surface area (Å²) >= 11 is 0. The van der Waals surface area contributed by atoms with Crippen molar-refractivity contribution in [2.75, 3.05) is 32.1 Å². The second kappa shape index (κ2) is 10.3. The van der Waals surface area contributed by atoms with Gasteiger partial charge in [-0.15, -0.1) is 0 Å². The predicted molar refractivity (Wildman–Crippen MR) is 146 cm³/mol. The highest BCUT2D eigenvalue weighted by molar-refractivity contribution is 6.05. The normalized spacial score (nSPS) is 11.4. The van der Waals surface area contributed by atoms with Gasteiger partial charge in [0.25, 0.3) is 5.56 Å². The summed E-state index contributed by atoms with van der Waals surface area (Å²) in [6.45, 7) is 6.01. The van der Waals surface area contributed by atoms with Crippen molar-refractivity contribution in [3.05, 3.63) is 83.3 Å². The molecule has 37 heavy (non-hydrogen) atoms. The van der Waals surface area contributed by atoms with Gasteiger partial charge >= 0.3 is 0 Å². The van der Waals surface area contributed by atoms with Crippen molar-refractivity contribution in [1.29, 1.82) is 0 Å². The first-order valence-corrected chi connectivity index (χ1v) is 12.2. The first-order valence-electron chi connectivity index (χ1n) is 12.2. The van der Waals surface area contributed by atoms with Crippen LogP contribution < -0.4 is 15.6 Å². The standard InChI is InChI=1S/C29H28N4O4/c1-4-32(5-2)18-26(34)31-21-8-10-22(11-9-21)33-28(35)15-13-25-29(33)23-16-19(6-12-24(23)37-25)20-7-14-27(36-3)30-17-20/h6-17H,4-5,18H2,1-3H3,(H,31,34). The van der Waals surface area contributed by atoms with Crippen molar-refractivity contribution in [1.82, 2.24) is 14.5 Å². The van der Waals surface area contributed by atoms with Gasteiger partial charge in [-0.3, -0.25) is 19.1 Å². The van der Waals surface area contributed by atoms with Gasteiger partial charge in [-0.2, -0.15) is 0 Å². The summed E-state index contributed by atoms with van der Waals surface area (Å²) in [6.07, 6.45) is 1.75. The summed E-state index contributed by atoms with van der Waals surface area (Å²) in [5.41, 5.74) is 5.01. The molecule has 0 saturated heterocycles. The maximum atomic E-state index is 13.1. The maximum Gasteiger partial charge on any atom is 0.255 e. The first-order chi connectivity index (χ1) is 18.0. The van der Waals surface area contributed by atoms with Crippen LogP contribution in [-0.4, -0.2) is 47.1 Å². The van der Waals surface area contributed by atoms with E-state index in [4.69, 9.17) is 9.15 Å². The fourth-order valence-corrected chi connectivity index (χ4v) is 4.43. The first kappa shape index (κ1) is 24.3. The van der Waals surface area contributed by atoms with Gasteiger partial charge in [0.15, 0.2) is 5.58 Å². The summed E-state index contributed by atoms with van der Waals surface area (Å²) in [5, 5.41) is 3.75. The Bertz CT molecular complexity index is 1610. The Hall–Kier alpha value is -4.43. The summed E-state index contributed by atoms with van der Waals surface area (Å²) in [6, 6.07) is 20.1. The number of carbonyl (C=O) groups excluding carboxylic acids is 1. The van der Waals surface area contributed by atoms with Crippen molar-refractivity contribution in [3.63, 3.8) is 0 Å². The molecule has 0 aliphatic carbocycles. The third kappa shape index (κ3) is 4.83. The van der Waals surface area contributed by atoms with E-state index in [0.717, 1.165) is 29.6 Å². The highest BCUT2D eigenvalue weighted by atomic mass is 16.5. The van der Waals surface area contributed by atoms with Crippen LogP contribution in [0.4, 0.5) is 5.69 Å². The minimum Gasteiger partial charge on any atom is -0.481 e. The zero-order valence-corrected chi connectivity index (χ0v) is 21.0. The van der Waals surface area contributed by atoms with E-state index in [0.29, 0.717) is 40.5 Å². The Kier molecular flexibility index (Phi) is 6.74. The molecule has 8 heteroatoms.